The van der Waals surface area contributed by atoms with Crippen LogP contribution in [0.4, 0.5) is 5.82 Å². The molecule has 3 heteroatoms. The van der Waals surface area contributed by atoms with Crippen molar-refractivity contribution in [3.8, 4) is 11.3 Å². The van der Waals surface area contributed by atoms with Crippen molar-refractivity contribution in [2.75, 3.05) is 11.4 Å². The van der Waals surface area contributed by atoms with Gasteiger partial charge in [-0.2, -0.15) is 0 Å². The first-order valence-electron chi connectivity index (χ1n) is 9.85. The Labute approximate surface area is 165 Å². The fourth-order valence-corrected chi connectivity index (χ4v) is 4.10. The molecule has 28 heavy (non-hydrogen) atoms. The van der Waals surface area contributed by atoms with E-state index in [1.807, 2.05) is 0 Å². The van der Waals surface area contributed by atoms with E-state index >= 15 is 0 Å². The summed E-state index contributed by atoms with van der Waals surface area (Å²) in [5.41, 5.74) is 7.49. The average Bonchev–Trinajstić information content (AvgIpc) is 2.74. The first-order valence-corrected chi connectivity index (χ1v) is 9.85. The smallest absolute Gasteiger partial charge is 0.159 e. The summed E-state index contributed by atoms with van der Waals surface area (Å²) in [7, 11) is 0. The van der Waals surface area contributed by atoms with Crippen molar-refractivity contribution in [2.24, 2.45) is 0 Å². The van der Waals surface area contributed by atoms with E-state index in [-0.39, 0.29) is 0 Å². The van der Waals surface area contributed by atoms with E-state index in [4.69, 9.17) is 5.10 Å². The Kier molecular flexibility index (Phi) is 4.09. The van der Waals surface area contributed by atoms with Crippen LogP contribution in [-0.2, 0) is 13.0 Å². The van der Waals surface area contributed by atoms with Crippen LogP contribution in [0.15, 0.2) is 66.7 Å². The molecule has 5 rings (SSSR count). The monoisotopic (exact) mass is 365 g/mol. The molecule has 0 atom stereocenters. The standard InChI is InChI=1S/C25H23N3/c1-17-11-12-20(15-18(17)2)24-22-9-5-6-10-23(22)25(27-26-24)28-14-13-19-7-3-4-8-21(19)16-28/h3-12,15H,13-14,16H2,1-2H3. The number of benzene rings is 3. The molecule has 4 aromatic rings. The highest BCUT2D eigenvalue weighted by atomic mass is 15.3. The van der Waals surface area contributed by atoms with Crippen molar-refractivity contribution in [1.82, 2.24) is 10.2 Å². The lowest BCUT2D eigenvalue weighted by Crippen LogP contribution is -2.31. The van der Waals surface area contributed by atoms with Crippen molar-refractivity contribution in [1.29, 1.82) is 0 Å². The molecule has 0 amide bonds. The molecular weight excluding hydrogens is 342 g/mol. The van der Waals surface area contributed by atoms with E-state index in [0.717, 1.165) is 42.0 Å². The van der Waals surface area contributed by atoms with E-state index in [2.05, 4.69) is 90.6 Å². The molecule has 0 N–H and O–H groups in total. The van der Waals surface area contributed by atoms with Gasteiger partial charge >= 0.3 is 0 Å². The number of hydrogen-bond acceptors (Lipinski definition) is 3. The first kappa shape index (κ1) is 16.9. The van der Waals surface area contributed by atoms with Crippen LogP contribution in [0.25, 0.3) is 22.0 Å². The van der Waals surface area contributed by atoms with E-state index in [0.29, 0.717) is 0 Å². The molecule has 3 aromatic carbocycles. The molecule has 0 radical (unpaired) electrons. The van der Waals surface area contributed by atoms with Gasteiger partial charge in [-0.15, -0.1) is 10.2 Å². The highest BCUT2D eigenvalue weighted by Gasteiger charge is 2.20. The molecule has 0 fully saturated rings. The predicted octanol–water partition coefficient (Wildman–Crippen LogP) is 5.48. The molecule has 3 nitrogen and oxygen atoms in total. The molecule has 0 unspecified atom stereocenters. The van der Waals surface area contributed by atoms with Crippen LogP contribution in [0.3, 0.4) is 0 Å². The second kappa shape index (κ2) is 6.75. The molecule has 0 aliphatic carbocycles. The summed E-state index contributed by atoms with van der Waals surface area (Å²) < 4.78 is 0. The minimum atomic E-state index is 0.887. The van der Waals surface area contributed by atoms with Gasteiger partial charge in [0, 0.05) is 29.4 Å². The fourth-order valence-electron chi connectivity index (χ4n) is 4.10. The Morgan fingerprint density at radius 2 is 1.50 bits per heavy atom. The summed E-state index contributed by atoms with van der Waals surface area (Å²) in [6.45, 7) is 6.14. The number of anilines is 1. The van der Waals surface area contributed by atoms with Gasteiger partial charge in [-0.1, -0.05) is 60.7 Å². The van der Waals surface area contributed by atoms with Crippen molar-refractivity contribution in [3.63, 3.8) is 0 Å². The number of hydrogen-bond donors (Lipinski definition) is 0. The van der Waals surface area contributed by atoms with Crippen molar-refractivity contribution in [2.45, 2.75) is 26.8 Å². The highest BCUT2D eigenvalue weighted by Crippen LogP contribution is 2.33. The van der Waals surface area contributed by atoms with Crippen LogP contribution in [0.5, 0.6) is 0 Å². The Morgan fingerprint density at radius 3 is 2.32 bits per heavy atom. The van der Waals surface area contributed by atoms with Gasteiger partial charge in [0.25, 0.3) is 0 Å². The molecule has 0 saturated heterocycles. The van der Waals surface area contributed by atoms with Crippen LogP contribution in [0, 0.1) is 13.8 Å². The third-order valence-electron chi connectivity index (χ3n) is 5.88. The molecule has 1 aliphatic rings. The van der Waals surface area contributed by atoms with Crippen LogP contribution >= 0.6 is 0 Å². The second-order valence-corrected chi connectivity index (χ2v) is 7.66. The Hall–Kier alpha value is -3.20. The third kappa shape index (κ3) is 2.84. The number of aryl methyl sites for hydroxylation is 2. The molecule has 0 bridgehead atoms. The second-order valence-electron chi connectivity index (χ2n) is 7.66. The van der Waals surface area contributed by atoms with Gasteiger partial charge in [0.15, 0.2) is 5.82 Å². The Morgan fingerprint density at radius 1 is 0.750 bits per heavy atom. The molecule has 0 saturated carbocycles. The SMILES string of the molecule is Cc1ccc(-c2nnc(N3CCc4ccccc4C3)c3ccccc23)cc1C. The summed E-state index contributed by atoms with van der Waals surface area (Å²) in [5, 5.41) is 11.7. The number of nitrogens with zero attached hydrogens (tertiary/aromatic N) is 3. The zero-order valence-corrected chi connectivity index (χ0v) is 16.3. The summed E-state index contributed by atoms with van der Waals surface area (Å²) in [4.78, 5) is 2.36. The third-order valence-corrected chi connectivity index (χ3v) is 5.88. The highest BCUT2D eigenvalue weighted by molar-refractivity contribution is 6.00. The molecule has 138 valence electrons. The predicted molar refractivity (Wildman–Crippen MR) is 116 cm³/mol. The summed E-state index contributed by atoms with van der Waals surface area (Å²) >= 11 is 0. The Balaban J connectivity index is 1.62. The maximum Gasteiger partial charge on any atom is 0.159 e. The van der Waals surface area contributed by atoms with Gasteiger partial charge in [0.2, 0.25) is 0 Å². The molecule has 0 spiro atoms. The van der Waals surface area contributed by atoms with Gasteiger partial charge < -0.3 is 4.90 Å². The van der Waals surface area contributed by atoms with Gasteiger partial charge in [-0.05, 0) is 48.6 Å². The van der Waals surface area contributed by atoms with Crippen LogP contribution in [-0.4, -0.2) is 16.7 Å². The maximum absolute atomic E-state index is 4.71. The summed E-state index contributed by atoms with van der Waals surface area (Å²) in [6.07, 6.45) is 1.05. The zero-order valence-electron chi connectivity index (χ0n) is 16.3. The minimum Gasteiger partial charge on any atom is -0.350 e. The first-order chi connectivity index (χ1) is 13.7. The normalized spacial score (nSPS) is 13.6. The van der Waals surface area contributed by atoms with Crippen molar-refractivity contribution < 1.29 is 0 Å². The van der Waals surface area contributed by atoms with Gasteiger partial charge in [0.05, 0.1) is 0 Å². The Bertz CT molecular complexity index is 1180. The number of fused-ring (bicyclic) bond motifs is 2. The lowest BCUT2D eigenvalue weighted by Gasteiger charge is -2.30. The van der Waals surface area contributed by atoms with Gasteiger partial charge in [-0.25, -0.2) is 0 Å². The topological polar surface area (TPSA) is 29.0 Å². The fraction of sp³-hybridized carbons (Fsp3) is 0.200. The number of rotatable bonds is 2. The molecule has 2 heterocycles. The molecule has 1 aromatic heterocycles. The average molecular weight is 365 g/mol. The van der Waals surface area contributed by atoms with Crippen molar-refractivity contribution >= 4 is 16.6 Å². The lowest BCUT2D eigenvalue weighted by atomic mass is 9.98. The van der Waals surface area contributed by atoms with E-state index < -0.39 is 0 Å². The minimum absolute atomic E-state index is 0.887. The molecular formula is C25H23N3. The molecule has 1 aliphatic heterocycles. The van der Waals surface area contributed by atoms with Gasteiger partial charge in [0.1, 0.15) is 5.69 Å². The van der Waals surface area contributed by atoms with Crippen LogP contribution in [0.1, 0.15) is 22.3 Å². The maximum atomic E-state index is 4.71. The lowest BCUT2D eigenvalue weighted by molar-refractivity contribution is 0.717. The number of aromatic nitrogens is 2. The van der Waals surface area contributed by atoms with Crippen LogP contribution in [0.2, 0.25) is 0 Å². The van der Waals surface area contributed by atoms with Gasteiger partial charge in [-0.3, -0.25) is 0 Å². The quantitative estimate of drug-likeness (QED) is 0.471. The van der Waals surface area contributed by atoms with E-state index in [9.17, 15) is 0 Å². The van der Waals surface area contributed by atoms with E-state index in [1.165, 1.54) is 27.6 Å². The van der Waals surface area contributed by atoms with E-state index in [1.54, 1.807) is 0 Å². The largest absolute Gasteiger partial charge is 0.350 e. The van der Waals surface area contributed by atoms with Crippen molar-refractivity contribution in [3.05, 3.63) is 89.0 Å². The summed E-state index contributed by atoms with van der Waals surface area (Å²) in [6, 6.07) is 23.7. The van der Waals surface area contributed by atoms with Crippen LogP contribution < -0.4 is 4.90 Å². The summed E-state index contributed by atoms with van der Waals surface area (Å²) in [5.74, 6) is 0.984. The zero-order chi connectivity index (χ0) is 19.1.